The second-order valence-corrected chi connectivity index (χ2v) is 7.87. The van der Waals surface area contributed by atoms with Gasteiger partial charge in [0.05, 0.1) is 11.1 Å². The van der Waals surface area contributed by atoms with Crippen molar-refractivity contribution in [3.8, 4) is 5.75 Å². The summed E-state index contributed by atoms with van der Waals surface area (Å²) in [5.41, 5.74) is 1.34. The van der Waals surface area contributed by atoms with Gasteiger partial charge in [0.15, 0.2) is 6.29 Å². The minimum absolute atomic E-state index is 0.425. The Kier molecular flexibility index (Phi) is 4.62. The van der Waals surface area contributed by atoms with Crippen molar-refractivity contribution in [2.24, 2.45) is 0 Å². The van der Waals surface area contributed by atoms with Crippen LogP contribution in [0.15, 0.2) is 18.3 Å². The van der Waals surface area contributed by atoms with Gasteiger partial charge >= 0.3 is 6.09 Å². The SMILES string of the molecule is BC(B)(B)Oc1cc(C)c2c(ccn2C(=O)OC(C)(C)C)c1C=O. The Labute approximate surface area is 144 Å². The van der Waals surface area contributed by atoms with Crippen LogP contribution < -0.4 is 4.74 Å². The highest BCUT2D eigenvalue weighted by Gasteiger charge is 2.23. The topological polar surface area (TPSA) is 57.5 Å². The summed E-state index contributed by atoms with van der Waals surface area (Å²) in [4.78, 5) is 24.1. The van der Waals surface area contributed by atoms with Gasteiger partial charge in [0, 0.05) is 16.9 Å². The van der Waals surface area contributed by atoms with Gasteiger partial charge in [-0.1, -0.05) is 0 Å². The van der Waals surface area contributed by atoms with E-state index in [0.717, 1.165) is 11.8 Å². The lowest BCUT2D eigenvalue weighted by atomic mass is 9.52. The molecule has 0 fully saturated rings. The average molecular weight is 325 g/mol. The first-order valence-corrected chi connectivity index (χ1v) is 7.95. The van der Waals surface area contributed by atoms with E-state index in [4.69, 9.17) is 9.47 Å². The molecule has 0 unspecified atom stereocenters. The van der Waals surface area contributed by atoms with Crippen molar-refractivity contribution in [1.82, 2.24) is 4.57 Å². The lowest BCUT2D eigenvalue weighted by molar-refractivity contribution is 0.0544. The number of rotatable bonds is 3. The number of carbonyl (C=O) groups is 2. The molecular weight excluding hydrogens is 303 g/mol. The second-order valence-electron chi connectivity index (χ2n) is 7.87. The van der Waals surface area contributed by atoms with Crippen LogP contribution >= 0.6 is 0 Å². The summed E-state index contributed by atoms with van der Waals surface area (Å²) < 4.78 is 12.8. The molecule has 5 nitrogen and oxygen atoms in total. The molecule has 0 bridgehead atoms. The van der Waals surface area contributed by atoms with Crippen molar-refractivity contribution in [3.05, 3.63) is 29.5 Å². The smallest absolute Gasteiger partial charge is 0.419 e. The van der Waals surface area contributed by atoms with E-state index in [1.807, 2.05) is 51.2 Å². The molecule has 8 heteroatoms. The summed E-state index contributed by atoms with van der Waals surface area (Å²) in [5, 5.41) is 0.251. The summed E-state index contributed by atoms with van der Waals surface area (Å²) >= 11 is 0. The zero-order valence-corrected chi connectivity index (χ0v) is 15.4. The Bertz CT molecular complexity index is 800. The highest BCUT2D eigenvalue weighted by atomic mass is 16.6. The van der Waals surface area contributed by atoms with Crippen LogP contribution in [0.1, 0.15) is 36.7 Å². The number of aryl methyl sites for hydroxylation is 1. The maximum atomic E-state index is 12.4. The number of benzene rings is 1. The molecule has 1 aromatic carbocycles. The zero-order chi connectivity index (χ0) is 18.3. The van der Waals surface area contributed by atoms with Gasteiger partial charge in [-0.3, -0.25) is 9.36 Å². The number of fused-ring (bicyclic) bond motifs is 1. The van der Waals surface area contributed by atoms with Crippen LogP contribution in [0.2, 0.25) is 0 Å². The second kappa shape index (κ2) is 6.08. The van der Waals surface area contributed by atoms with Crippen molar-refractivity contribution in [2.45, 2.75) is 38.6 Å². The summed E-state index contributed by atoms with van der Waals surface area (Å²) in [5.74, 6) is 0.518. The van der Waals surface area contributed by atoms with Crippen molar-refractivity contribution < 1.29 is 19.1 Å². The molecule has 0 N–H and O–H groups in total. The minimum atomic E-state index is -0.593. The Morgan fingerprint density at radius 1 is 1.25 bits per heavy atom. The zero-order valence-electron chi connectivity index (χ0n) is 15.4. The molecule has 0 saturated carbocycles. The highest BCUT2D eigenvalue weighted by Crippen LogP contribution is 2.32. The van der Waals surface area contributed by atoms with Gasteiger partial charge in [0.1, 0.15) is 34.9 Å². The van der Waals surface area contributed by atoms with Crippen LogP contribution in [0.5, 0.6) is 5.75 Å². The highest BCUT2D eigenvalue weighted by molar-refractivity contribution is 6.58. The monoisotopic (exact) mass is 325 g/mol. The average Bonchev–Trinajstić information content (AvgIpc) is 2.80. The fraction of sp³-hybridized carbons (Fsp3) is 0.375. The van der Waals surface area contributed by atoms with Crippen LogP contribution in [0, 0.1) is 6.92 Å². The molecule has 0 atom stereocenters. The minimum Gasteiger partial charge on any atom is -0.513 e. The Morgan fingerprint density at radius 3 is 2.38 bits per heavy atom. The molecule has 24 heavy (non-hydrogen) atoms. The fourth-order valence-corrected chi connectivity index (χ4v) is 2.53. The molecule has 2 aromatic rings. The maximum absolute atomic E-state index is 12.4. The molecule has 0 spiro atoms. The van der Waals surface area contributed by atoms with E-state index in [1.165, 1.54) is 4.57 Å². The summed E-state index contributed by atoms with van der Waals surface area (Å²) in [6.45, 7) is 7.33. The van der Waals surface area contributed by atoms with Gasteiger partial charge in [-0.05, 0) is 45.4 Å². The number of hydrogen-bond acceptors (Lipinski definition) is 4. The molecule has 0 amide bonds. The van der Waals surface area contributed by atoms with Crippen molar-refractivity contribution in [1.29, 1.82) is 0 Å². The maximum Gasteiger partial charge on any atom is 0.419 e. The summed E-state index contributed by atoms with van der Waals surface area (Å²) in [7, 11) is 5.77. The lowest BCUT2D eigenvalue weighted by Gasteiger charge is -2.24. The Morgan fingerprint density at radius 2 is 1.88 bits per heavy atom. The number of aromatic nitrogens is 1. The van der Waals surface area contributed by atoms with E-state index < -0.39 is 17.0 Å². The molecule has 1 heterocycles. The van der Waals surface area contributed by atoms with E-state index in [0.29, 0.717) is 22.2 Å². The quantitative estimate of drug-likeness (QED) is 0.607. The summed E-state index contributed by atoms with van der Waals surface area (Å²) in [6, 6.07) is 3.53. The van der Waals surface area contributed by atoms with Gasteiger partial charge in [-0.25, -0.2) is 4.79 Å². The third-order valence-corrected chi connectivity index (χ3v) is 3.29. The van der Waals surface area contributed by atoms with E-state index in [-0.39, 0.29) is 0 Å². The number of hydrogen-bond donors (Lipinski definition) is 0. The number of nitrogens with zero attached hydrogens (tertiary/aromatic N) is 1. The van der Waals surface area contributed by atoms with E-state index >= 15 is 0 Å². The Hall–Kier alpha value is -2.11. The molecule has 0 aliphatic carbocycles. The molecule has 1 aromatic heterocycles. The molecule has 0 radical (unpaired) electrons. The van der Waals surface area contributed by atoms with Crippen LogP contribution in [0.25, 0.3) is 10.9 Å². The van der Waals surface area contributed by atoms with Gasteiger partial charge in [0.2, 0.25) is 0 Å². The molecule has 0 saturated heterocycles. The van der Waals surface area contributed by atoms with Gasteiger partial charge in [-0.15, -0.1) is 0 Å². The number of carbonyl (C=O) groups excluding carboxylic acids is 2. The van der Waals surface area contributed by atoms with E-state index in [2.05, 4.69) is 0 Å². The standard InChI is InChI=1S/C16H22B3NO4/c1-9-7-12(23-16(17,18)19)11(8-21)10-5-6-20(13(9)10)14(22)24-15(2,3)4/h5-8H,17-19H2,1-4H3. The lowest BCUT2D eigenvalue weighted by Crippen LogP contribution is -2.37. The van der Waals surface area contributed by atoms with Gasteiger partial charge in [-0.2, -0.15) is 0 Å². The normalized spacial score (nSPS) is 12.2. The van der Waals surface area contributed by atoms with E-state index in [9.17, 15) is 9.59 Å². The molecule has 0 aliphatic rings. The number of aldehydes is 1. The largest absolute Gasteiger partial charge is 0.513 e. The molecule has 124 valence electrons. The molecule has 0 aliphatic heterocycles. The van der Waals surface area contributed by atoms with Crippen molar-refractivity contribution in [3.63, 3.8) is 0 Å². The van der Waals surface area contributed by atoms with Crippen LogP contribution in [0.3, 0.4) is 0 Å². The third-order valence-electron chi connectivity index (χ3n) is 3.29. The molecular formula is C16H22B3NO4. The first-order chi connectivity index (χ1) is 10.9. The van der Waals surface area contributed by atoms with E-state index in [1.54, 1.807) is 18.3 Å². The van der Waals surface area contributed by atoms with Gasteiger partial charge in [0.25, 0.3) is 0 Å². The predicted octanol–water partition coefficient (Wildman–Crippen LogP) is 0.435. The first-order valence-electron chi connectivity index (χ1n) is 7.95. The van der Waals surface area contributed by atoms with Crippen LogP contribution in [-0.2, 0) is 4.74 Å². The molecule has 2 rings (SSSR count). The predicted molar refractivity (Wildman–Crippen MR) is 103 cm³/mol. The number of ether oxygens (including phenoxy) is 2. The van der Waals surface area contributed by atoms with Gasteiger partial charge < -0.3 is 9.47 Å². The van der Waals surface area contributed by atoms with Crippen molar-refractivity contribution in [2.75, 3.05) is 0 Å². The fourth-order valence-electron chi connectivity index (χ4n) is 2.53. The first kappa shape index (κ1) is 18.2. The third kappa shape index (κ3) is 3.86. The van der Waals surface area contributed by atoms with Crippen LogP contribution in [-0.4, -0.2) is 51.4 Å². The summed E-state index contributed by atoms with van der Waals surface area (Å²) in [6.07, 6.45) is 1.92. The Balaban J connectivity index is 2.61. The van der Waals surface area contributed by atoms with Crippen LogP contribution in [0.4, 0.5) is 4.79 Å². The van der Waals surface area contributed by atoms with Crippen molar-refractivity contribution >= 4 is 46.8 Å².